The fraction of sp³-hybridized carbons (Fsp3) is 0.700. The zero-order chi connectivity index (χ0) is 17.9. The molecule has 6 heteroatoms. The molecule has 0 unspecified atom stereocenters. The van der Waals surface area contributed by atoms with Crippen molar-refractivity contribution >= 4 is 17.5 Å². The second-order valence-electron chi connectivity index (χ2n) is 7.85. The van der Waals surface area contributed by atoms with Gasteiger partial charge in [-0.25, -0.2) is 4.98 Å². The van der Waals surface area contributed by atoms with E-state index in [9.17, 15) is 4.79 Å². The SMILES string of the molecule is O=C([C@H]1CC[C@H](Oc2ccc(Cl)cn2)CC1)N1CCN(C2CCC2)CC1. The number of hydrogen-bond donors (Lipinski definition) is 0. The number of halogens is 1. The Hall–Kier alpha value is -1.33. The van der Waals surface area contributed by atoms with E-state index in [0.29, 0.717) is 16.8 Å². The average molecular weight is 378 g/mol. The van der Waals surface area contributed by atoms with E-state index in [0.717, 1.165) is 57.9 Å². The monoisotopic (exact) mass is 377 g/mol. The molecule has 1 saturated heterocycles. The van der Waals surface area contributed by atoms with Crippen molar-refractivity contribution < 1.29 is 9.53 Å². The second-order valence-corrected chi connectivity index (χ2v) is 8.29. The average Bonchev–Trinajstić information content (AvgIpc) is 2.63. The first kappa shape index (κ1) is 18.1. The fourth-order valence-corrected chi connectivity index (χ4v) is 4.46. The highest BCUT2D eigenvalue weighted by atomic mass is 35.5. The van der Waals surface area contributed by atoms with Crippen molar-refractivity contribution in [2.45, 2.75) is 57.1 Å². The molecule has 142 valence electrons. The summed E-state index contributed by atoms with van der Waals surface area (Å²) in [5, 5.41) is 0.615. The van der Waals surface area contributed by atoms with Gasteiger partial charge in [-0.15, -0.1) is 0 Å². The maximum atomic E-state index is 12.9. The number of pyridine rings is 1. The van der Waals surface area contributed by atoms with Crippen LogP contribution in [0, 0.1) is 5.92 Å². The molecule has 2 saturated carbocycles. The van der Waals surface area contributed by atoms with Crippen LogP contribution in [0.15, 0.2) is 18.3 Å². The minimum atomic E-state index is 0.156. The van der Waals surface area contributed by atoms with E-state index in [2.05, 4.69) is 14.8 Å². The maximum absolute atomic E-state index is 12.9. The summed E-state index contributed by atoms with van der Waals surface area (Å²) in [6.45, 7) is 3.91. The third-order valence-electron chi connectivity index (χ3n) is 6.23. The summed E-state index contributed by atoms with van der Waals surface area (Å²) < 4.78 is 5.94. The summed E-state index contributed by atoms with van der Waals surface area (Å²) in [4.78, 5) is 21.7. The molecule has 2 aliphatic carbocycles. The third kappa shape index (κ3) is 4.15. The Morgan fingerprint density at radius 2 is 1.77 bits per heavy atom. The lowest BCUT2D eigenvalue weighted by Crippen LogP contribution is -2.54. The Kier molecular flexibility index (Phi) is 5.65. The van der Waals surface area contributed by atoms with Crippen LogP contribution in [0.25, 0.3) is 0 Å². The predicted octanol–water partition coefficient (Wildman–Crippen LogP) is 3.37. The lowest BCUT2D eigenvalue weighted by atomic mass is 9.86. The first-order valence-corrected chi connectivity index (χ1v) is 10.4. The van der Waals surface area contributed by atoms with E-state index in [1.54, 1.807) is 18.3 Å². The molecule has 1 aromatic heterocycles. The summed E-state index contributed by atoms with van der Waals surface area (Å²) in [5.41, 5.74) is 0. The largest absolute Gasteiger partial charge is 0.474 e. The van der Waals surface area contributed by atoms with Gasteiger partial charge >= 0.3 is 0 Å². The van der Waals surface area contributed by atoms with Gasteiger partial charge in [-0.05, 0) is 44.6 Å². The second kappa shape index (κ2) is 8.13. The van der Waals surface area contributed by atoms with Crippen LogP contribution in [0.1, 0.15) is 44.9 Å². The molecule has 0 N–H and O–H groups in total. The first-order valence-electron chi connectivity index (χ1n) is 10.00. The van der Waals surface area contributed by atoms with Gasteiger partial charge in [0, 0.05) is 50.4 Å². The molecule has 5 nitrogen and oxygen atoms in total. The topological polar surface area (TPSA) is 45.7 Å². The molecule has 3 fully saturated rings. The number of hydrogen-bond acceptors (Lipinski definition) is 4. The van der Waals surface area contributed by atoms with Crippen LogP contribution in [0.5, 0.6) is 5.88 Å². The minimum absolute atomic E-state index is 0.156. The Labute approximate surface area is 160 Å². The summed E-state index contributed by atoms with van der Waals surface area (Å²) in [5.74, 6) is 1.15. The molecule has 4 rings (SSSR count). The Balaban J connectivity index is 1.21. The number of nitrogens with zero attached hydrogens (tertiary/aromatic N) is 3. The molecule has 2 heterocycles. The van der Waals surface area contributed by atoms with Gasteiger partial charge in [-0.2, -0.15) is 0 Å². The van der Waals surface area contributed by atoms with Gasteiger partial charge in [0.1, 0.15) is 6.10 Å². The molecule has 0 spiro atoms. The standard InChI is InChI=1S/C20H28ClN3O2/c21-16-6-9-19(22-14-16)26-18-7-4-15(5-8-18)20(25)24-12-10-23(11-13-24)17-2-1-3-17/h6,9,14-15,17-18H,1-5,7-8,10-13H2/t15-,18-. The van der Waals surface area contributed by atoms with E-state index < -0.39 is 0 Å². The zero-order valence-electron chi connectivity index (χ0n) is 15.3. The minimum Gasteiger partial charge on any atom is -0.474 e. The van der Waals surface area contributed by atoms with Gasteiger partial charge in [0.2, 0.25) is 11.8 Å². The van der Waals surface area contributed by atoms with Crippen LogP contribution in [-0.2, 0) is 4.79 Å². The van der Waals surface area contributed by atoms with Gasteiger partial charge in [-0.1, -0.05) is 18.0 Å². The van der Waals surface area contributed by atoms with Crippen molar-refractivity contribution in [1.82, 2.24) is 14.8 Å². The van der Waals surface area contributed by atoms with Crippen LogP contribution in [0.4, 0.5) is 0 Å². The van der Waals surface area contributed by atoms with Gasteiger partial charge in [-0.3, -0.25) is 9.69 Å². The highest BCUT2D eigenvalue weighted by molar-refractivity contribution is 6.30. The number of ether oxygens (including phenoxy) is 1. The van der Waals surface area contributed by atoms with Crippen LogP contribution < -0.4 is 4.74 Å². The zero-order valence-corrected chi connectivity index (χ0v) is 16.0. The Morgan fingerprint density at radius 3 is 2.35 bits per heavy atom. The lowest BCUT2D eigenvalue weighted by Gasteiger charge is -2.43. The van der Waals surface area contributed by atoms with Crippen molar-refractivity contribution in [3.05, 3.63) is 23.4 Å². The van der Waals surface area contributed by atoms with Crippen LogP contribution in [0.2, 0.25) is 5.02 Å². The number of carbonyl (C=O) groups is 1. The molecule has 26 heavy (non-hydrogen) atoms. The quantitative estimate of drug-likeness (QED) is 0.807. The van der Waals surface area contributed by atoms with E-state index >= 15 is 0 Å². The number of rotatable bonds is 4. The van der Waals surface area contributed by atoms with Crippen LogP contribution in [0.3, 0.4) is 0 Å². The first-order chi connectivity index (χ1) is 12.7. The molecule has 0 aromatic carbocycles. The number of amides is 1. The molecule has 0 bridgehead atoms. The van der Waals surface area contributed by atoms with E-state index in [4.69, 9.17) is 16.3 Å². The smallest absolute Gasteiger partial charge is 0.225 e. The molecule has 1 amide bonds. The molecule has 0 radical (unpaired) electrons. The maximum Gasteiger partial charge on any atom is 0.225 e. The summed E-state index contributed by atoms with van der Waals surface area (Å²) in [6.07, 6.45) is 9.51. The van der Waals surface area contributed by atoms with Gasteiger partial charge in [0.25, 0.3) is 0 Å². The van der Waals surface area contributed by atoms with Gasteiger partial charge in [0.15, 0.2) is 0 Å². The molecule has 3 aliphatic rings. The predicted molar refractivity (Wildman–Crippen MR) is 101 cm³/mol. The molecule has 0 atom stereocenters. The number of piperazine rings is 1. The number of aromatic nitrogens is 1. The van der Waals surface area contributed by atoms with Crippen LogP contribution in [-0.4, -0.2) is 59.0 Å². The molecular weight excluding hydrogens is 350 g/mol. The van der Waals surface area contributed by atoms with Gasteiger partial charge < -0.3 is 9.64 Å². The highest BCUT2D eigenvalue weighted by Crippen LogP contribution is 2.30. The van der Waals surface area contributed by atoms with E-state index in [-0.39, 0.29) is 12.0 Å². The van der Waals surface area contributed by atoms with E-state index in [1.165, 1.54) is 19.3 Å². The van der Waals surface area contributed by atoms with Crippen molar-refractivity contribution in [3.8, 4) is 5.88 Å². The lowest BCUT2D eigenvalue weighted by molar-refractivity contribution is -0.139. The van der Waals surface area contributed by atoms with Crippen LogP contribution >= 0.6 is 11.6 Å². The fourth-order valence-electron chi connectivity index (χ4n) is 4.35. The van der Waals surface area contributed by atoms with Crippen molar-refractivity contribution in [1.29, 1.82) is 0 Å². The summed E-state index contributed by atoms with van der Waals surface area (Å²) >= 11 is 5.86. The van der Waals surface area contributed by atoms with Crippen molar-refractivity contribution in [2.75, 3.05) is 26.2 Å². The molecule has 1 aromatic rings. The Bertz CT molecular complexity index is 604. The highest BCUT2D eigenvalue weighted by Gasteiger charge is 2.33. The number of carbonyl (C=O) groups excluding carboxylic acids is 1. The van der Waals surface area contributed by atoms with Crippen molar-refractivity contribution in [2.24, 2.45) is 5.92 Å². The van der Waals surface area contributed by atoms with Crippen molar-refractivity contribution in [3.63, 3.8) is 0 Å². The van der Waals surface area contributed by atoms with E-state index in [1.807, 2.05) is 0 Å². The molecular formula is C20H28ClN3O2. The third-order valence-corrected chi connectivity index (χ3v) is 6.45. The molecule has 1 aliphatic heterocycles. The summed E-state index contributed by atoms with van der Waals surface area (Å²) in [7, 11) is 0. The summed E-state index contributed by atoms with van der Waals surface area (Å²) in [6, 6.07) is 4.39. The normalized spacial score (nSPS) is 27.8. The van der Waals surface area contributed by atoms with Gasteiger partial charge in [0.05, 0.1) is 5.02 Å². The Morgan fingerprint density at radius 1 is 1.04 bits per heavy atom.